The number of ether oxygens (including phenoxy) is 2. The van der Waals surface area contributed by atoms with E-state index in [1.165, 1.54) is 18.9 Å². The first-order valence-electron chi connectivity index (χ1n) is 12.2. The fourth-order valence-electron chi connectivity index (χ4n) is 4.80. The van der Waals surface area contributed by atoms with E-state index in [2.05, 4.69) is 5.32 Å². The van der Waals surface area contributed by atoms with E-state index in [1.54, 1.807) is 31.2 Å². The Bertz CT molecular complexity index is 1040. The van der Waals surface area contributed by atoms with E-state index >= 15 is 0 Å². The minimum absolute atomic E-state index is 0.0862. The highest BCUT2D eigenvalue weighted by atomic mass is 35.5. The number of anilines is 1. The Morgan fingerprint density at radius 2 is 1.53 bits per heavy atom. The molecule has 2 aliphatic carbocycles. The lowest BCUT2D eigenvalue weighted by Gasteiger charge is -2.28. The third kappa shape index (κ3) is 6.03. The summed E-state index contributed by atoms with van der Waals surface area (Å²) in [6, 6.07) is 8.03. The summed E-state index contributed by atoms with van der Waals surface area (Å²) in [5, 5.41) is 12.4. The summed E-state index contributed by atoms with van der Waals surface area (Å²) in [7, 11) is 0. The van der Waals surface area contributed by atoms with E-state index in [0.29, 0.717) is 33.3 Å². The number of halogens is 1. The molecule has 1 amide bonds. The van der Waals surface area contributed by atoms with Gasteiger partial charge in [0.2, 0.25) is 0 Å². The molecule has 2 N–H and O–H groups in total. The number of carbonyl (C=O) groups is 2. The van der Waals surface area contributed by atoms with Gasteiger partial charge in [-0.05, 0) is 94.2 Å². The maximum atomic E-state index is 13.1. The van der Waals surface area contributed by atoms with Gasteiger partial charge in [-0.1, -0.05) is 24.4 Å². The van der Waals surface area contributed by atoms with Crippen LogP contribution in [0.3, 0.4) is 0 Å². The van der Waals surface area contributed by atoms with Crippen LogP contribution in [0.5, 0.6) is 11.5 Å². The quantitative estimate of drug-likeness (QED) is 0.440. The van der Waals surface area contributed by atoms with Crippen molar-refractivity contribution in [3.8, 4) is 11.5 Å². The number of carbonyl (C=O) groups excluding carboxylic acids is 1. The number of aryl methyl sites for hydroxylation is 1. The van der Waals surface area contributed by atoms with Crippen molar-refractivity contribution in [2.75, 3.05) is 5.32 Å². The summed E-state index contributed by atoms with van der Waals surface area (Å²) in [6.45, 7) is 1.70. The molecule has 0 bridgehead atoms. The van der Waals surface area contributed by atoms with Gasteiger partial charge in [0.05, 0.1) is 22.8 Å². The average Bonchev–Trinajstić information content (AvgIpc) is 2.82. The summed E-state index contributed by atoms with van der Waals surface area (Å²) < 4.78 is 12.7. The van der Waals surface area contributed by atoms with Gasteiger partial charge in [0, 0.05) is 11.3 Å². The van der Waals surface area contributed by atoms with Crippen molar-refractivity contribution < 1.29 is 24.2 Å². The molecule has 6 nitrogen and oxygen atoms in total. The molecule has 0 radical (unpaired) electrons. The molecule has 0 unspecified atom stereocenters. The summed E-state index contributed by atoms with van der Waals surface area (Å²) in [4.78, 5) is 24.3. The van der Waals surface area contributed by atoms with Gasteiger partial charge in [-0.3, -0.25) is 4.79 Å². The fraction of sp³-hybridized carbons (Fsp3) is 0.481. The Labute approximate surface area is 205 Å². The minimum Gasteiger partial charge on any atom is -0.486 e. The second-order valence-corrected chi connectivity index (χ2v) is 9.74. The largest absolute Gasteiger partial charge is 0.486 e. The first-order chi connectivity index (χ1) is 16.4. The number of hydrogen-bond acceptors (Lipinski definition) is 4. The lowest BCUT2D eigenvalue weighted by molar-refractivity contribution is 0.0696. The Morgan fingerprint density at radius 3 is 2.12 bits per heavy atom. The maximum Gasteiger partial charge on any atom is 0.335 e. The predicted molar refractivity (Wildman–Crippen MR) is 133 cm³/mol. The van der Waals surface area contributed by atoms with Crippen LogP contribution in [-0.4, -0.2) is 29.2 Å². The van der Waals surface area contributed by atoms with Crippen LogP contribution in [0.2, 0.25) is 5.02 Å². The molecule has 0 atom stereocenters. The monoisotopic (exact) mass is 485 g/mol. The number of amides is 1. The molecule has 0 aromatic heterocycles. The molecule has 4 rings (SSSR count). The minimum atomic E-state index is -1.000. The Kier molecular flexibility index (Phi) is 7.99. The van der Waals surface area contributed by atoms with Gasteiger partial charge in [0.15, 0.2) is 11.5 Å². The summed E-state index contributed by atoms with van der Waals surface area (Å²) in [5.74, 6) is -0.299. The standard InChI is InChI=1S/C27H32ClNO5/c1-17-14-19(12-13-22(17)27(31)32)29-26(30)18-15-23(28)25(34-21-10-6-3-7-11-21)24(16-18)33-20-8-4-2-5-9-20/h12-16,20-21H,2-11H2,1H3,(H,29,30)(H,31,32). The zero-order valence-corrected chi connectivity index (χ0v) is 20.3. The van der Waals surface area contributed by atoms with Gasteiger partial charge < -0.3 is 19.9 Å². The Balaban J connectivity index is 1.58. The van der Waals surface area contributed by atoms with E-state index in [0.717, 1.165) is 51.4 Å². The van der Waals surface area contributed by atoms with Crippen LogP contribution in [0.25, 0.3) is 0 Å². The second-order valence-electron chi connectivity index (χ2n) is 9.33. The van der Waals surface area contributed by atoms with Crippen LogP contribution in [0.4, 0.5) is 5.69 Å². The fourth-order valence-corrected chi connectivity index (χ4v) is 5.05. The van der Waals surface area contributed by atoms with Gasteiger partial charge >= 0.3 is 5.97 Å². The number of aromatic carboxylic acids is 1. The molecule has 0 aliphatic heterocycles. The Hall–Kier alpha value is -2.73. The van der Waals surface area contributed by atoms with Crippen molar-refractivity contribution in [3.05, 3.63) is 52.0 Å². The maximum absolute atomic E-state index is 13.1. The number of carboxylic acids is 1. The molecule has 182 valence electrons. The highest BCUT2D eigenvalue weighted by molar-refractivity contribution is 6.32. The molecule has 2 aromatic carbocycles. The lowest BCUT2D eigenvalue weighted by Crippen LogP contribution is -2.23. The summed E-state index contributed by atoms with van der Waals surface area (Å²) in [5.41, 5.74) is 1.65. The van der Waals surface area contributed by atoms with Crippen LogP contribution in [0.1, 0.15) is 90.5 Å². The number of benzene rings is 2. The summed E-state index contributed by atoms with van der Waals surface area (Å²) >= 11 is 6.65. The molecule has 0 saturated heterocycles. The molecule has 0 spiro atoms. The normalized spacial score (nSPS) is 17.2. The first kappa shape index (κ1) is 24.4. The van der Waals surface area contributed by atoms with Crippen LogP contribution < -0.4 is 14.8 Å². The molecular formula is C27H32ClNO5. The predicted octanol–water partition coefficient (Wildman–Crippen LogP) is 7.02. The topological polar surface area (TPSA) is 84.9 Å². The van der Waals surface area contributed by atoms with Crippen molar-refractivity contribution in [3.63, 3.8) is 0 Å². The zero-order valence-electron chi connectivity index (χ0n) is 19.6. The van der Waals surface area contributed by atoms with Gasteiger partial charge in [0.1, 0.15) is 0 Å². The van der Waals surface area contributed by atoms with Gasteiger partial charge in [-0.2, -0.15) is 0 Å². The van der Waals surface area contributed by atoms with Crippen LogP contribution >= 0.6 is 11.6 Å². The summed E-state index contributed by atoms with van der Waals surface area (Å²) in [6.07, 6.45) is 11.1. The van der Waals surface area contributed by atoms with E-state index < -0.39 is 5.97 Å². The van der Waals surface area contributed by atoms with Crippen molar-refractivity contribution in [1.82, 2.24) is 0 Å². The third-order valence-corrected chi connectivity index (χ3v) is 6.95. The van der Waals surface area contributed by atoms with Crippen molar-refractivity contribution in [1.29, 1.82) is 0 Å². The molecule has 2 aromatic rings. The van der Waals surface area contributed by atoms with E-state index in [9.17, 15) is 14.7 Å². The molecule has 2 aliphatic rings. The number of carboxylic acid groups (broad SMARTS) is 1. The van der Waals surface area contributed by atoms with Gasteiger partial charge in [0.25, 0.3) is 5.91 Å². The number of rotatable bonds is 7. The van der Waals surface area contributed by atoms with E-state index in [4.69, 9.17) is 21.1 Å². The van der Waals surface area contributed by atoms with E-state index in [-0.39, 0.29) is 23.7 Å². The van der Waals surface area contributed by atoms with E-state index in [1.807, 2.05) is 0 Å². The van der Waals surface area contributed by atoms with Crippen molar-refractivity contribution >= 4 is 29.2 Å². The molecule has 0 heterocycles. The van der Waals surface area contributed by atoms with Gasteiger partial charge in [-0.15, -0.1) is 0 Å². The van der Waals surface area contributed by atoms with Crippen molar-refractivity contribution in [2.24, 2.45) is 0 Å². The second kappa shape index (κ2) is 11.1. The first-order valence-corrected chi connectivity index (χ1v) is 12.6. The zero-order chi connectivity index (χ0) is 24.1. The van der Waals surface area contributed by atoms with Crippen LogP contribution in [-0.2, 0) is 0 Å². The highest BCUT2D eigenvalue weighted by Crippen LogP contribution is 2.40. The SMILES string of the molecule is Cc1cc(NC(=O)c2cc(Cl)c(OC3CCCCC3)c(OC3CCCCC3)c2)ccc1C(=O)O. The molecule has 2 fully saturated rings. The molecule has 7 heteroatoms. The molecule has 2 saturated carbocycles. The van der Waals surface area contributed by atoms with Crippen LogP contribution in [0, 0.1) is 6.92 Å². The average molecular weight is 486 g/mol. The number of hydrogen-bond donors (Lipinski definition) is 2. The highest BCUT2D eigenvalue weighted by Gasteiger charge is 2.24. The molecular weight excluding hydrogens is 454 g/mol. The third-order valence-electron chi connectivity index (χ3n) is 6.67. The van der Waals surface area contributed by atoms with Gasteiger partial charge in [-0.25, -0.2) is 4.79 Å². The lowest BCUT2D eigenvalue weighted by atomic mass is 9.97. The number of nitrogens with one attached hydrogen (secondary N) is 1. The molecule has 34 heavy (non-hydrogen) atoms. The Morgan fingerprint density at radius 1 is 0.912 bits per heavy atom. The van der Waals surface area contributed by atoms with Crippen LogP contribution in [0.15, 0.2) is 30.3 Å². The van der Waals surface area contributed by atoms with Crippen molar-refractivity contribution in [2.45, 2.75) is 83.3 Å². The smallest absolute Gasteiger partial charge is 0.335 e.